The van der Waals surface area contributed by atoms with Crippen LogP contribution in [0.4, 0.5) is 0 Å². The van der Waals surface area contributed by atoms with E-state index < -0.39 is 0 Å². The van der Waals surface area contributed by atoms with E-state index in [2.05, 4.69) is 55.3 Å². The van der Waals surface area contributed by atoms with Gasteiger partial charge in [0.2, 0.25) is 0 Å². The predicted octanol–water partition coefficient (Wildman–Crippen LogP) is 4.45. The van der Waals surface area contributed by atoms with Crippen molar-refractivity contribution in [2.24, 2.45) is 4.99 Å². The van der Waals surface area contributed by atoms with Crippen LogP contribution in [-0.4, -0.2) is 18.2 Å². The van der Waals surface area contributed by atoms with Gasteiger partial charge in [-0.25, -0.2) is 0 Å². The Morgan fingerprint density at radius 2 is 1.77 bits per heavy atom. The normalized spacial score (nSPS) is 14.0. The van der Waals surface area contributed by atoms with Gasteiger partial charge < -0.3 is 5.32 Å². The van der Waals surface area contributed by atoms with Crippen molar-refractivity contribution in [2.45, 2.75) is 39.7 Å². The second-order valence-corrected chi connectivity index (χ2v) is 7.81. The SMILES string of the molecule is Cc1ccccc1CNC(=O)C1=NCC(c2ccc(C(C)(C)C)cc2)=C1. The summed E-state index contributed by atoms with van der Waals surface area (Å²) in [5.41, 5.74) is 6.47. The third kappa shape index (κ3) is 4.10. The zero-order chi connectivity index (χ0) is 18.7. The zero-order valence-electron chi connectivity index (χ0n) is 16.0. The maximum atomic E-state index is 12.4. The van der Waals surface area contributed by atoms with E-state index in [9.17, 15) is 4.79 Å². The van der Waals surface area contributed by atoms with Crippen molar-refractivity contribution in [2.75, 3.05) is 6.54 Å². The van der Waals surface area contributed by atoms with E-state index in [1.807, 2.05) is 37.3 Å². The molecular weight excluding hydrogens is 320 g/mol. The van der Waals surface area contributed by atoms with E-state index in [0.717, 1.165) is 16.7 Å². The predicted molar refractivity (Wildman–Crippen MR) is 108 cm³/mol. The molecule has 0 fully saturated rings. The highest BCUT2D eigenvalue weighted by Crippen LogP contribution is 2.25. The summed E-state index contributed by atoms with van der Waals surface area (Å²) >= 11 is 0. The van der Waals surface area contributed by atoms with Gasteiger partial charge in [0.25, 0.3) is 5.91 Å². The number of nitrogens with one attached hydrogen (secondary N) is 1. The highest BCUT2D eigenvalue weighted by atomic mass is 16.1. The lowest BCUT2D eigenvalue weighted by Crippen LogP contribution is -2.29. The number of hydrogen-bond acceptors (Lipinski definition) is 2. The molecule has 3 rings (SSSR count). The van der Waals surface area contributed by atoms with Gasteiger partial charge in [-0.1, -0.05) is 69.3 Å². The number of nitrogens with zero attached hydrogens (tertiary/aromatic N) is 1. The van der Waals surface area contributed by atoms with E-state index in [1.54, 1.807) is 0 Å². The Hall–Kier alpha value is -2.68. The lowest BCUT2D eigenvalue weighted by Gasteiger charge is -2.19. The fraction of sp³-hybridized carbons (Fsp3) is 0.304. The highest BCUT2D eigenvalue weighted by molar-refractivity contribution is 6.45. The summed E-state index contributed by atoms with van der Waals surface area (Å²) in [5, 5.41) is 2.97. The number of carbonyl (C=O) groups excluding carboxylic acids is 1. The van der Waals surface area contributed by atoms with Gasteiger partial charge in [-0.05, 0) is 46.2 Å². The van der Waals surface area contributed by atoms with Gasteiger partial charge >= 0.3 is 0 Å². The number of rotatable bonds is 4. The molecule has 0 atom stereocenters. The quantitative estimate of drug-likeness (QED) is 0.873. The lowest BCUT2D eigenvalue weighted by molar-refractivity contribution is -0.114. The van der Waals surface area contributed by atoms with Crippen LogP contribution in [0.1, 0.15) is 43.0 Å². The van der Waals surface area contributed by atoms with Crippen LogP contribution in [0, 0.1) is 6.92 Å². The fourth-order valence-corrected chi connectivity index (χ4v) is 3.00. The molecule has 1 heterocycles. The van der Waals surface area contributed by atoms with Crippen LogP contribution in [0.3, 0.4) is 0 Å². The molecule has 2 aromatic rings. The Morgan fingerprint density at radius 1 is 1.08 bits per heavy atom. The minimum Gasteiger partial charge on any atom is -0.347 e. The van der Waals surface area contributed by atoms with E-state index in [0.29, 0.717) is 18.8 Å². The first-order valence-corrected chi connectivity index (χ1v) is 9.03. The number of hydrogen-bond donors (Lipinski definition) is 1. The average molecular weight is 346 g/mol. The summed E-state index contributed by atoms with van der Waals surface area (Å²) in [4.78, 5) is 16.8. The summed E-state index contributed by atoms with van der Waals surface area (Å²) in [7, 11) is 0. The van der Waals surface area contributed by atoms with E-state index in [-0.39, 0.29) is 11.3 Å². The van der Waals surface area contributed by atoms with Gasteiger partial charge in [0, 0.05) is 6.54 Å². The summed E-state index contributed by atoms with van der Waals surface area (Å²) in [6, 6.07) is 16.6. The number of aliphatic imine (C=N–C) groups is 1. The van der Waals surface area contributed by atoms with Gasteiger partial charge in [-0.3, -0.25) is 9.79 Å². The molecule has 1 amide bonds. The molecule has 3 heteroatoms. The maximum Gasteiger partial charge on any atom is 0.269 e. The molecule has 0 aromatic heterocycles. The molecule has 0 saturated heterocycles. The van der Waals surface area contributed by atoms with Crippen molar-refractivity contribution in [1.82, 2.24) is 5.32 Å². The molecule has 0 bridgehead atoms. The Bertz CT molecular complexity index is 868. The zero-order valence-corrected chi connectivity index (χ0v) is 16.0. The van der Waals surface area contributed by atoms with Gasteiger partial charge in [-0.2, -0.15) is 0 Å². The Morgan fingerprint density at radius 3 is 2.42 bits per heavy atom. The van der Waals surface area contributed by atoms with E-state index in [1.165, 1.54) is 11.1 Å². The standard InChI is InChI=1S/C23H26N2O/c1-16-7-5-6-8-18(16)14-25-22(26)21-13-19(15-24-21)17-9-11-20(12-10-17)23(2,3)4/h5-13H,14-15H2,1-4H3,(H,25,26). The fourth-order valence-electron chi connectivity index (χ4n) is 3.00. The molecule has 0 spiro atoms. The van der Waals surface area contributed by atoms with Crippen LogP contribution < -0.4 is 5.32 Å². The monoisotopic (exact) mass is 346 g/mol. The second kappa shape index (κ2) is 7.28. The number of amides is 1. The summed E-state index contributed by atoms with van der Waals surface area (Å²) < 4.78 is 0. The van der Waals surface area contributed by atoms with Crippen LogP contribution in [0.5, 0.6) is 0 Å². The highest BCUT2D eigenvalue weighted by Gasteiger charge is 2.18. The van der Waals surface area contributed by atoms with Crippen molar-refractivity contribution < 1.29 is 4.79 Å². The molecule has 0 saturated carbocycles. The third-order valence-corrected chi connectivity index (χ3v) is 4.79. The Kier molecular flexibility index (Phi) is 5.08. The van der Waals surface area contributed by atoms with Crippen LogP contribution in [-0.2, 0) is 16.8 Å². The number of carbonyl (C=O) groups is 1. The van der Waals surface area contributed by atoms with E-state index >= 15 is 0 Å². The largest absolute Gasteiger partial charge is 0.347 e. The Balaban J connectivity index is 1.65. The van der Waals surface area contributed by atoms with E-state index in [4.69, 9.17) is 0 Å². The van der Waals surface area contributed by atoms with Gasteiger partial charge in [-0.15, -0.1) is 0 Å². The van der Waals surface area contributed by atoms with Gasteiger partial charge in [0.15, 0.2) is 0 Å². The topological polar surface area (TPSA) is 41.5 Å². The number of benzene rings is 2. The molecule has 2 aromatic carbocycles. The van der Waals surface area contributed by atoms with Gasteiger partial charge in [0.1, 0.15) is 5.71 Å². The van der Waals surface area contributed by atoms with Gasteiger partial charge in [0.05, 0.1) is 6.54 Å². The minimum absolute atomic E-state index is 0.116. The van der Waals surface area contributed by atoms with Crippen molar-refractivity contribution >= 4 is 17.2 Å². The third-order valence-electron chi connectivity index (χ3n) is 4.79. The van der Waals surface area contributed by atoms with Crippen LogP contribution in [0.2, 0.25) is 0 Å². The number of aryl methyl sites for hydroxylation is 1. The molecule has 1 aliphatic rings. The molecule has 0 aliphatic carbocycles. The van der Waals surface area contributed by atoms with Crippen molar-refractivity contribution in [3.8, 4) is 0 Å². The van der Waals surface area contributed by atoms with Crippen LogP contribution >= 0.6 is 0 Å². The minimum atomic E-state index is -0.116. The molecule has 1 N–H and O–H groups in total. The molecule has 1 aliphatic heterocycles. The second-order valence-electron chi connectivity index (χ2n) is 7.81. The summed E-state index contributed by atoms with van der Waals surface area (Å²) in [6.45, 7) is 9.74. The van der Waals surface area contributed by atoms with Crippen molar-refractivity contribution in [1.29, 1.82) is 0 Å². The average Bonchev–Trinajstić information content (AvgIpc) is 3.10. The molecular formula is C23H26N2O. The van der Waals surface area contributed by atoms with Crippen LogP contribution in [0.25, 0.3) is 5.57 Å². The molecule has 134 valence electrons. The van der Waals surface area contributed by atoms with Crippen molar-refractivity contribution in [3.05, 3.63) is 76.9 Å². The molecule has 0 radical (unpaired) electrons. The van der Waals surface area contributed by atoms with Crippen LogP contribution in [0.15, 0.2) is 59.6 Å². The maximum absolute atomic E-state index is 12.4. The smallest absolute Gasteiger partial charge is 0.269 e. The first-order chi connectivity index (χ1) is 12.3. The first-order valence-electron chi connectivity index (χ1n) is 9.03. The lowest BCUT2D eigenvalue weighted by atomic mass is 9.86. The first kappa shape index (κ1) is 18.1. The molecule has 26 heavy (non-hydrogen) atoms. The molecule has 0 unspecified atom stereocenters. The summed E-state index contributed by atoms with van der Waals surface area (Å²) in [5.74, 6) is -0.116. The Labute approximate surface area is 155 Å². The summed E-state index contributed by atoms with van der Waals surface area (Å²) in [6.07, 6.45) is 1.90. The van der Waals surface area contributed by atoms with Crippen molar-refractivity contribution in [3.63, 3.8) is 0 Å². The molecule has 3 nitrogen and oxygen atoms in total.